The molecular weight excluding hydrogens is 324 g/mol. The van der Waals surface area contributed by atoms with E-state index in [0.717, 1.165) is 21.4 Å². The van der Waals surface area contributed by atoms with E-state index in [1.165, 1.54) is 6.07 Å². The summed E-state index contributed by atoms with van der Waals surface area (Å²) in [6.45, 7) is 4.49. The third-order valence-corrected chi connectivity index (χ3v) is 4.30. The van der Waals surface area contributed by atoms with Gasteiger partial charge >= 0.3 is 0 Å². The van der Waals surface area contributed by atoms with E-state index in [1.54, 1.807) is 19.2 Å². The molecule has 0 atom stereocenters. The Morgan fingerprint density at radius 1 is 1.45 bits per heavy atom. The van der Waals surface area contributed by atoms with Gasteiger partial charge in [-0.05, 0) is 41.4 Å². The van der Waals surface area contributed by atoms with Gasteiger partial charge in [-0.3, -0.25) is 14.8 Å². The Morgan fingerprint density at radius 3 is 2.65 bits per heavy atom. The molecule has 1 heterocycles. The van der Waals surface area contributed by atoms with Crippen LogP contribution in [0.3, 0.4) is 0 Å². The molecular formula is C13H15BrN4O2. The number of nitrogens with zero attached hydrogens (tertiary/aromatic N) is 3. The van der Waals surface area contributed by atoms with Crippen molar-refractivity contribution in [3.63, 3.8) is 0 Å². The lowest BCUT2D eigenvalue weighted by Crippen LogP contribution is -2.05. The predicted octanol–water partition coefficient (Wildman–Crippen LogP) is 3.26. The molecule has 6 nitrogen and oxygen atoms in total. The Labute approximate surface area is 125 Å². The number of nitrogens with one attached hydrogen (secondary N) is 1. The van der Waals surface area contributed by atoms with E-state index in [1.807, 2.05) is 18.5 Å². The van der Waals surface area contributed by atoms with Crippen molar-refractivity contribution in [3.8, 4) is 0 Å². The number of nitro groups is 1. The van der Waals surface area contributed by atoms with E-state index in [-0.39, 0.29) is 5.69 Å². The fourth-order valence-electron chi connectivity index (χ4n) is 2.04. The summed E-state index contributed by atoms with van der Waals surface area (Å²) in [6.07, 6.45) is 0. The zero-order valence-corrected chi connectivity index (χ0v) is 13.1. The molecule has 0 aliphatic carbocycles. The molecule has 20 heavy (non-hydrogen) atoms. The second-order valence-corrected chi connectivity index (χ2v) is 5.29. The lowest BCUT2D eigenvalue weighted by atomic mass is 10.1. The highest BCUT2D eigenvalue weighted by atomic mass is 79.9. The Bertz CT molecular complexity index is 667. The monoisotopic (exact) mass is 338 g/mol. The molecule has 0 saturated heterocycles. The van der Waals surface area contributed by atoms with Gasteiger partial charge in [-0.1, -0.05) is 6.07 Å². The fourth-order valence-corrected chi connectivity index (χ4v) is 2.33. The van der Waals surface area contributed by atoms with Crippen LogP contribution in [-0.4, -0.2) is 21.8 Å². The number of halogens is 1. The molecule has 1 aromatic carbocycles. The van der Waals surface area contributed by atoms with E-state index in [2.05, 4.69) is 26.3 Å². The molecule has 0 amide bonds. The van der Waals surface area contributed by atoms with Crippen LogP contribution in [0, 0.1) is 24.0 Å². The lowest BCUT2D eigenvalue weighted by Gasteiger charge is -2.08. The van der Waals surface area contributed by atoms with E-state index in [9.17, 15) is 10.1 Å². The van der Waals surface area contributed by atoms with Crippen LogP contribution in [-0.2, 0) is 6.54 Å². The van der Waals surface area contributed by atoms with Crippen molar-refractivity contribution < 1.29 is 4.92 Å². The summed E-state index contributed by atoms with van der Waals surface area (Å²) >= 11 is 3.49. The molecule has 0 spiro atoms. The van der Waals surface area contributed by atoms with Crippen molar-refractivity contribution >= 4 is 27.3 Å². The molecule has 0 bridgehead atoms. The molecule has 7 heteroatoms. The largest absolute Gasteiger partial charge is 0.383 e. The van der Waals surface area contributed by atoms with Gasteiger partial charge in [0.1, 0.15) is 5.69 Å². The second-order valence-electron chi connectivity index (χ2n) is 4.50. The summed E-state index contributed by atoms with van der Waals surface area (Å²) in [7, 11) is 1.67. The smallest absolute Gasteiger partial charge is 0.292 e. The molecule has 0 aliphatic heterocycles. The van der Waals surface area contributed by atoms with Crippen molar-refractivity contribution in [1.82, 2.24) is 9.78 Å². The molecule has 0 fully saturated rings. The van der Waals surface area contributed by atoms with Crippen molar-refractivity contribution in [2.45, 2.75) is 20.4 Å². The number of nitro benzene ring substituents is 1. The van der Waals surface area contributed by atoms with Gasteiger partial charge in [-0.25, -0.2) is 0 Å². The van der Waals surface area contributed by atoms with Crippen LogP contribution >= 0.6 is 15.9 Å². The molecule has 0 unspecified atom stereocenters. The zero-order valence-electron chi connectivity index (χ0n) is 11.5. The van der Waals surface area contributed by atoms with Crippen LogP contribution in [0.2, 0.25) is 0 Å². The van der Waals surface area contributed by atoms with E-state index in [0.29, 0.717) is 12.2 Å². The van der Waals surface area contributed by atoms with Gasteiger partial charge in [0.05, 0.1) is 27.3 Å². The maximum absolute atomic E-state index is 10.9. The van der Waals surface area contributed by atoms with Gasteiger partial charge in [0.25, 0.3) is 5.69 Å². The Hall–Kier alpha value is -1.89. The van der Waals surface area contributed by atoms with Crippen molar-refractivity contribution in [1.29, 1.82) is 0 Å². The van der Waals surface area contributed by atoms with Crippen LogP contribution < -0.4 is 5.32 Å². The van der Waals surface area contributed by atoms with Crippen molar-refractivity contribution in [2.75, 3.05) is 12.4 Å². The minimum Gasteiger partial charge on any atom is -0.383 e. The first kappa shape index (κ1) is 14.5. The standard InChI is InChI=1S/C13H15BrN4O2/c1-8-13(14)9(2)17(16-8)7-10-4-5-12(18(19)20)11(6-10)15-3/h4-6,15H,7H2,1-3H3. The quantitative estimate of drug-likeness (QED) is 0.685. The van der Waals surface area contributed by atoms with Crippen LogP contribution in [0.25, 0.3) is 0 Å². The normalized spacial score (nSPS) is 10.6. The first-order chi connectivity index (χ1) is 9.43. The average molecular weight is 339 g/mol. The summed E-state index contributed by atoms with van der Waals surface area (Å²) in [5, 5.41) is 18.2. The fraction of sp³-hybridized carbons (Fsp3) is 0.308. The highest BCUT2D eigenvalue weighted by Crippen LogP contribution is 2.26. The molecule has 0 saturated carbocycles. The third kappa shape index (κ3) is 2.67. The molecule has 0 aliphatic rings. The summed E-state index contributed by atoms with van der Waals surface area (Å²) in [5.74, 6) is 0. The zero-order chi connectivity index (χ0) is 14.9. The Kier molecular flexibility index (Phi) is 4.08. The molecule has 1 N–H and O–H groups in total. The number of anilines is 1. The second kappa shape index (κ2) is 5.62. The summed E-state index contributed by atoms with van der Waals surface area (Å²) in [5.41, 5.74) is 3.50. The van der Waals surface area contributed by atoms with E-state index < -0.39 is 4.92 Å². The third-order valence-electron chi connectivity index (χ3n) is 3.15. The summed E-state index contributed by atoms with van der Waals surface area (Å²) < 4.78 is 2.87. The molecule has 1 aromatic heterocycles. The lowest BCUT2D eigenvalue weighted by molar-refractivity contribution is -0.383. The van der Waals surface area contributed by atoms with Gasteiger partial charge in [-0.2, -0.15) is 5.10 Å². The van der Waals surface area contributed by atoms with Gasteiger partial charge in [0.2, 0.25) is 0 Å². The maximum Gasteiger partial charge on any atom is 0.292 e. The number of rotatable bonds is 4. The van der Waals surface area contributed by atoms with E-state index in [4.69, 9.17) is 0 Å². The minimum atomic E-state index is -0.393. The van der Waals surface area contributed by atoms with Crippen LogP contribution in [0.4, 0.5) is 11.4 Å². The van der Waals surface area contributed by atoms with Gasteiger partial charge in [-0.15, -0.1) is 0 Å². The topological polar surface area (TPSA) is 73.0 Å². The number of aromatic nitrogens is 2. The Balaban J connectivity index is 2.34. The van der Waals surface area contributed by atoms with Gasteiger partial charge in [0, 0.05) is 13.1 Å². The van der Waals surface area contributed by atoms with Crippen molar-refractivity contribution in [3.05, 3.63) is 49.7 Å². The van der Waals surface area contributed by atoms with E-state index >= 15 is 0 Å². The van der Waals surface area contributed by atoms with Gasteiger partial charge in [0.15, 0.2) is 0 Å². The van der Waals surface area contributed by atoms with Crippen LogP contribution in [0.5, 0.6) is 0 Å². The molecule has 2 rings (SSSR count). The number of benzene rings is 1. The highest BCUT2D eigenvalue weighted by Gasteiger charge is 2.14. The predicted molar refractivity (Wildman–Crippen MR) is 81.1 cm³/mol. The maximum atomic E-state index is 10.9. The minimum absolute atomic E-state index is 0.0748. The molecule has 0 radical (unpaired) electrons. The Morgan fingerprint density at radius 2 is 2.15 bits per heavy atom. The first-order valence-electron chi connectivity index (χ1n) is 6.08. The highest BCUT2D eigenvalue weighted by molar-refractivity contribution is 9.10. The number of hydrogen-bond acceptors (Lipinski definition) is 4. The number of aryl methyl sites for hydroxylation is 1. The summed E-state index contributed by atoms with van der Waals surface area (Å²) in [4.78, 5) is 10.5. The van der Waals surface area contributed by atoms with Gasteiger partial charge < -0.3 is 5.32 Å². The average Bonchev–Trinajstić information content (AvgIpc) is 2.66. The SMILES string of the molecule is CNc1cc(Cn2nc(C)c(Br)c2C)ccc1[N+](=O)[O-]. The first-order valence-corrected chi connectivity index (χ1v) is 6.88. The molecule has 106 valence electrons. The van der Waals surface area contributed by atoms with Crippen molar-refractivity contribution in [2.24, 2.45) is 0 Å². The summed E-state index contributed by atoms with van der Waals surface area (Å²) in [6, 6.07) is 5.05. The van der Waals surface area contributed by atoms with Crippen LogP contribution in [0.1, 0.15) is 17.0 Å². The number of hydrogen-bond donors (Lipinski definition) is 1. The molecule has 2 aromatic rings. The van der Waals surface area contributed by atoms with Crippen LogP contribution in [0.15, 0.2) is 22.7 Å².